The van der Waals surface area contributed by atoms with Gasteiger partial charge in [-0.05, 0) is 50.3 Å². The van der Waals surface area contributed by atoms with Crippen LogP contribution >= 0.6 is 11.8 Å². The Morgan fingerprint density at radius 3 is 2.71 bits per heavy atom. The van der Waals surface area contributed by atoms with Gasteiger partial charge in [-0.15, -0.1) is 11.8 Å². The van der Waals surface area contributed by atoms with E-state index in [4.69, 9.17) is 15.7 Å². The van der Waals surface area contributed by atoms with Gasteiger partial charge in [0.1, 0.15) is 0 Å². The van der Waals surface area contributed by atoms with Gasteiger partial charge in [0.25, 0.3) is 0 Å². The van der Waals surface area contributed by atoms with E-state index in [-0.39, 0.29) is 0 Å². The zero-order chi connectivity index (χ0) is 21.4. The van der Waals surface area contributed by atoms with Crippen molar-refractivity contribution in [3.8, 4) is 11.3 Å². The van der Waals surface area contributed by atoms with Crippen molar-refractivity contribution in [3.05, 3.63) is 70.9 Å². The van der Waals surface area contributed by atoms with Crippen LogP contribution in [0.15, 0.2) is 53.4 Å². The van der Waals surface area contributed by atoms with Crippen LogP contribution in [0.2, 0.25) is 0 Å². The fourth-order valence-electron chi connectivity index (χ4n) is 4.33. The topological polar surface area (TPSA) is 72.1 Å². The van der Waals surface area contributed by atoms with Crippen LogP contribution in [-0.2, 0) is 18.6 Å². The quantitative estimate of drug-likeness (QED) is 0.578. The van der Waals surface area contributed by atoms with E-state index in [1.165, 1.54) is 23.2 Å². The third-order valence-corrected chi connectivity index (χ3v) is 7.38. The van der Waals surface area contributed by atoms with E-state index in [2.05, 4.69) is 30.0 Å². The minimum Gasteiger partial charge on any atom is -0.366 e. The molecule has 0 unspecified atom stereocenters. The summed E-state index contributed by atoms with van der Waals surface area (Å²) in [6, 6.07) is 16.7. The molecule has 1 amide bonds. The summed E-state index contributed by atoms with van der Waals surface area (Å²) in [4.78, 5) is 25.2. The fourth-order valence-corrected chi connectivity index (χ4v) is 5.38. The number of fused-ring (bicyclic) bond motifs is 1. The summed E-state index contributed by atoms with van der Waals surface area (Å²) in [5.41, 5.74) is 11.9. The summed E-state index contributed by atoms with van der Waals surface area (Å²) in [5, 5.41) is 0. The number of thioether (sulfide) groups is 1. The van der Waals surface area contributed by atoms with Gasteiger partial charge in [0.05, 0.1) is 11.3 Å². The van der Waals surface area contributed by atoms with Gasteiger partial charge in [0, 0.05) is 40.1 Å². The zero-order valence-corrected chi connectivity index (χ0v) is 18.5. The van der Waals surface area contributed by atoms with E-state index in [9.17, 15) is 4.79 Å². The van der Waals surface area contributed by atoms with E-state index in [1.54, 1.807) is 11.8 Å². The van der Waals surface area contributed by atoms with E-state index in [0.717, 1.165) is 53.7 Å². The molecule has 2 heterocycles. The second-order valence-corrected chi connectivity index (χ2v) is 9.35. The molecule has 31 heavy (non-hydrogen) atoms. The van der Waals surface area contributed by atoms with Gasteiger partial charge in [-0.25, -0.2) is 9.97 Å². The second kappa shape index (κ2) is 8.35. The summed E-state index contributed by atoms with van der Waals surface area (Å²) >= 11 is 1.64. The van der Waals surface area contributed by atoms with Gasteiger partial charge in [-0.2, -0.15) is 0 Å². The van der Waals surface area contributed by atoms with E-state index in [0.29, 0.717) is 11.6 Å². The first-order valence-corrected chi connectivity index (χ1v) is 11.9. The number of rotatable bonds is 6. The summed E-state index contributed by atoms with van der Waals surface area (Å²) in [5.74, 6) is 1.22. The lowest BCUT2D eigenvalue weighted by molar-refractivity contribution is 0.0997. The molecule has 1 aliphatic heterocycles. The van der Waals surface area contributed by atoms with Gasteiger partial charge < -0.3 is 10.6 Å². The monoisotopic (exact) mass is 430 g/mol. The number of nitrogens with zero attached hydrogens (tertiary/aromatic N) is 3. The molecule has 0 bridgehead atoms. The van der Waals surface area contributed by atoms with Crippen molar-refractivity contribution in [2.24, 2.45) is 5.73 Å². The molecular weight excluding hydrogens is 404 g/mol. The highest BCUT2D eigenvalue weighted by molar-refractivity contribution is 7.98. The highest BCUT2D eigenvalue weighted by atomic mass is 32.2. The fraction of sp³-hybridized carbons (Fsp3) is 0.320. The molecule has 1 saturated heterocycles. The van der Waals surface area contributed by atoms with Gasteiger partial charge in [0.15, 0.2) is 0 Å². The molecule has 2 aromatic carbocycles. The first kappa shape index (κ1) is 20.1. The van der Waals surface area contributed by atoms with E-state index >= 15 is 0 Å². The predicted molar refractivity (Wildman–Crippen MR) is 125 cm³/mol. The highest BCUT2D eigenvalue weighted by Crippen LogP contribution is 2.36. The highest BCUT2D eigenvalue weighted by Gasteiger charge is 2.29. The van der Waals surface area contributed by atoms with Crippen LogP contribution in [0.4, 0.5) is 5.95 Å². The Hall–Kier alpha value is -2.86. The number of anilines is 1. The lowest BCUT2D eigenvalue weighted by Gasteiger charge is -2.39. The molecule has 6 heteroatoms. The van der Waals surface area contributed by atoms with Crippen LogP contribution in [0.5, 0.6) is 0 Å². The van der Waals surface area contributed by atoms with Crippen molar-refractivity contribution in [2.45, 2.75) is 49.3 Å². The van der Waals surface area contributed by atoms with Gasteiger partial charge in [-0.1, -0.05) is 36.4 Å². The van der Waals surface area contributed by atoms with Crippen LogP contribution in [-0.4, -0.2) is 28.5 Å². The Kier molecular flexibility index (Phi) is 5.40. The molecule has 1 aromatic heterocycles. The predicted octanol–water partition coefficient (Wildman–Crippen LogP) is 4.62. The van der Waals surface area contributed by atoms with Crippen molar-refractivity contribution in [1.29, 1.82) is 0 Å². The van der Waals surface area contributed by atoms with Crippen LogP contribution in [0.25, 0.3) is 11.3 Å². The average molecular weight is 431 g/mol. The van der Waals surface area contributed by atoms with Crippen LogP contribution in [0, 0.1) is 0 Å². The third kappa shape index (κ3) is 3.92. The number of nitrogens with two attached hydrogens (primary N) is 1. The summed E-state index contributed by atoms with van der Waals surface area (Å²) in [7, 11) is 0. The maximum Gasteiger partial charge on any atom is 0.249 e. The molecule has 2 N–H and O–H groups in total. The lowest BCUT2D eigenvalue weighted by Crippen LogP contribution is -2.46. The third-order valence-electron chi connectivity index (χ3n) is 6.26. The zero-order valence-electron chi connectivity index (χ0n) is 17.7. The average Bonchev–Trinajstić information content (AvgIpc) is 3.25. The molecule has 0 saturated carbocycles. The number of aryl methyl sites for hydroxylation is 1. The Balaban J connectivity index is 1.53. The normalized spacial score (nSPS) is 17.3. The Morgan fingerprint density at radius 2 is 2.00 bits per heavy atom. The summed E-state index contributed by atoms with van der Waals surface area (Å²) in [6.45, 7) is 3.23. The molecule has 1 atom stereocenters. The number of amides is 1. The van der Waals surface area contributed by atoms with Gasteiger partial charge in [0.2, 0.25) is 11.9 Å². The number of carbonyl (C=O) groups is 1. The number of carbonyl (C=O) groups excluding carboxylic acids is 1. The molecule has 0 spiro atoms. The molecule has 5 nitrogen and oxygen atoms in total. The number of primary amides is 1. The molecule has 2 aliphatic rings. The van der Waals surface area contributed by atoms with Crippen LogP contribution < -0.4 is 10.6 Å². The van der Waals surface area contributed by atoms with Crippen molar-refractivity contribution in [3.63, 3.8) is 0 Å². The Labute approximate surface area is 187 Å². The first-order chi connectivity index (χ1) is 15.1. The van der Waals surface area contributed by atoms with Crippen LogP contribution in [0.3, 0.4) is 0 Å². The molecule has 5 rings (SSSR count). The minimum atomic E-state index is -0.398. The van der Waals surface area contributed by atoms with E-state index in [1.807, 2.05) is 30.3 Å². The molecule has 1 aliphatic carbocycles. The van der Waals surface area contributed by atoms with Gasteiger partial charge >= 0.3 is 0 Å². The van der Waals surface area contributed by atoms with Crippen LogP contribution in [0.1, 0.15) is 46.9 Å². The number of benzene rings is 2. The SMILES string of the molecule is C[C@H]1CCN1c1nc2c(c(-c3ccc(C(N)=O)c(SCc4ccccc4)c3)n1)CCC2. The smallest absolute Gasteiger partial charge is 0.249 e. The molecular formula is C25H26N4OS. The second-order valence-electron chi connectivity index (χ2n) is 8.33. The minimum absolute atomic E-state index is 0.398. The molecule has 3 aromatic rings. The molecule has 1 fully saturated rings. The summed E-state index contributed by atoms with van der Waals surface area (Å²) < 4.78 is 0. The maximum atomic E-state index is 12.1. The van der Waals surface area contributed by atoms with Crippen molar-refractivity contribution < 1.29 is 4.79 Å². The maximum absolute atomic E-state index is 12.1. The Morgan fingerprint density at radius 1 is 1.16 bits per heavy atom. The largest absolute Gasteiger partial charge is 0.366 e. The van der Waals surface area contributed by atoms with E-state index < -0.39 is 5.91 Å². The first-order valence-electron chi connectivity index (χ1n) is 10.9. The Bertz CT molecular complexity index is 1130. The summed E-state index contributed by atoms with van der Waals surface area (Å²) in [6.07, 6.45) is 4.31. The van der Waals surface area contributed by atoms with Crippen molar-refractivity contribution >= 4 is 23.6 Å². The number of hydrogen-bond donors (Lipinski definition) is 1. The molecule has 0 radical (unpaired) electrons. The van der Waals surface area contributed by atoms with Crippen molar-refractivity contribution in [2.75, 3.05) is 11.4 Å². The van der Waals surface area contributed by atoms with Gasteiger partial charge in [-0.3, -0.25) is 4.79 Å². The van der Waals surface area contributed by atoms with Crippen molar-refractivity contribution in [1.82, 2.24) is 9.97 Å². The lowest BCUT2D eigenvalue weighted by atomic mass is 10.0. The standard InChI is InChI=1S/C25H26N4OS/c1-16-12-13-29(16)25-27-21-9-5-8-19(21)23(28-25)18-10-11-20(24(26)30)22(14-18)31-15-17-6-3-2-4-7-17/h2-4,6-7,10-11,14,16H,5,8-9,12-13,15H2,1H3,(H2,26,30)/t16-/m0/s1. The number of aromatic nitrogens is 2. The molecule has 158 valence electrons. The number of hydrogen-bond acceptors (Lipinski definition) is 5.